The molecule has 4 rings (SSSR count). The van der Waals surface area contributed by atoms with Gasteiger partial charge in [-0.15, -0.1) is 0 Å². The monoisotopic (exact) mass is 492 g/mol. The molecular weight excluding hydrogens is 456 g/mol. The van der Waals surface area contributed by atoms with Gasteiger partial charge in [-0.1, -0.05) is 12.1 Å². The molecule has 2 aliphatic heterocycles. The SMILES string of the molecule is CCS(=O)(=O)N1CC2CN(c3cnc(N)c(C(=N)OC(=N)c4ccc(CNC)cc4)n3)CC2C1.[HH].[HH].[HH]. The van der Waals surface area contributed by atoms with Gasteiger partial charge in [-0.25, -0.2) is 22.7 Å². The Balaban J connectivity index is 0.00000228. The lowest BCUT2D eigenvalue weighted by Gasteiger charge is -2.22. The summed E-state index contributed by atoms with van der Waals surface area (Å²) in [6.07, 6.45) is 1.56. The highest BCUT2D eigenvalue weighted by molar-refractivity contribution is 7.89. The van der Waals surface area contributed by atoms with Gasteiger partial charge < -0.3 is 20.7 Å². The molecule has 2 saturated heterocycles. The Hall–Kier alpha value is -3.09. The molecule has 0 saturated carbocycles. The standard InChI is InChI=1S/C22H30N8O3S.3H2/c1-3-34(31,32)30-12-16-10-29(11-17(16)13-30)18-9-27-20(23)19(28-18)22(25)33-21(24)15-6-4-14(5-7-15)8-26-2;;;/h4-7,9,16-17,24-26H,3,8,10-13H2,1-2H3,(H2,23,27);3*1H. The fourth-order valence-electron chi connectivity index (χ4n) is 4.44. The fourth-order valence-corrected chi connectivity index (χ4v) is 5.65. The molecule has 12 heteroatoms. The van der Waals surface area contributed by atoms with E-state index in [-0.39, 0.29) is 45.2 Å². The zero-order valence-corrected chi connectivity index (χ0v) is 20.1. The molecule has 1 aromatic carbocycles. The first-order chi connectivity index (χ1) is 16.2. The van der Waals surface area contributed by atoms with Crippen LogP contribution < -0.4 is 16.0 Å². The summed E-state index contributed by atoms with van der Waals surface area (Å²) in [6, 6.07) is 7.30. The number of aromatic nitrogens is 2. The van der Waals surface area contributed by atoms with E-state index in [0.29, 0.717) is 44.1 Å². The number of benzene rings is 1. The number of rotatable bonds is 7. The molecule has 0 radical (unpaired) electrons. The van der Waals surface area contributed by atoms with Crippen molar-refractivity contribution in [2.24, 2.45) is 11.8 Å². The van der Waals surface area contributed by atoms with Gasteiger partial charge in [0.1, 0.15) is 5.82 Å². The Kier molecular flexibility index (Phi) is 6.82. The summed E-state index contributed by atoms with van der Waals surface area (Å²) in [7, 11) is -1.32. The van der Waals surface area contributed by atoms with Crippen LogP contribution in [-0.2, 0) is 21.3 Å². The van der Waals surface area contributed by atoms with Crippen LogP contribution in [0.5, 0.6) is 0 Å². The predicted molar refractivity (Wildman–Crippen MR) is 137 cm³/mol. The van der Waals surface area contributed by atoms with Crippen molar-refractivity contribution in [3.05, 3.63) is 47.3 Å². The van der Waals surface area contributed by atoms with E-state index in [1.54, 1.807) is 29.6 Å². The van der Waals surface area contributed by atoms with Gasteiger partial charge in [0.15, 0.2) is 11.5 Å². The molecule has 2 aromatic rings. The molecule has 1 aromatic heterocycles. The van der Waals surface area contributed by atoms with E-state index in [1.165, 1.54) is 0 Å². The van der Waals surface area contributed by atoms with Crippen LogP contribution in [0.2, 0.25) is 0 Å². The maximum atomic E-state index is 12.2. The number of hydrogen-bond acceptors (Lipinski definition) is 10. The molecular formula is C22H36N8O3S. The first-order valence-electron chi connectivity index (χ1n) is 11.2. The highest BCUT2D eigenvalue weighted by Gasteiger charge is 2.43. The van der Waals surface area contributed by atoms with E-state index in [4.69, 9.17) is 21.3 Å². The molecule has 0 aliphatic carbocycles. The summed E-state index contributed by atoms with van der Waals surface area (Å²) in [6.45, 7) is 4.71. The molecule has 2 fully saturated rings. The molecule has 188 valence electrons. The third kappa shape index (κ3) is 4.88. The normalized spacial score (nSPS) is 20.4. The quantitative estimate of drug-likeness (QED) is 0.335. The highest BCUT2D eigenvalue weighted by Crippen LogP contribution is 2.34. The Labute approximate surface area is 203 Å². The molecule has 34 heavy (non-hydrogen) atoms. The molecule has 2 atom stereocenters. The number of fused-ring (bicyclic) bond motifs is 1. The van der Waals surface area contributed by atoms with E-state index < -0.39 is 10.0 Å². The van der Waals surface area contributed by atoms with E-state index >= 15 is 0 Å². The van der Waals surface area contributed by atoms with Crippen molar-refractivity contribution in [3.63, 3.8) is 0 Å². The van der Waals surface area contributed by atoms with E-state index in [0.717, 1.165) is 5.56 Å². The largest absolute Gasteiger partial charge is 0.419 e. The zero-order chi connectivity index (χ0) is 24.5. The third-order valence-electron chi connectivity index (χ3n) is 6.34. The highest BCUT2D eigenvalue weighted by atomic mass is 32.2. The van der Waals surface area contributed by atoms with Crippen molar-refractivity contribution in [2.75, 3.05) is 49.6 Å². The maximum Gasteiger partial charge on any atom is 0.243 e. The van der Waals surface area contributed by atoms with Crippen LogP contribution in [0.3, 0.4) is 0 Å². The summed E-state index contributed by atoms with van der Waals surface area (Å²) < 4.78 is 31.4. The molecule has 5 N–H and O–H groups in total. The number of ether oxygens (including phenoxy) is 1. The van der Waals surface area contributed by atoms with Gasteiger partial charge >= 0.3 is 0 Å². The lowest BCUT2D eigenvalue weighted by Crippen LogP contribution is -2.34. The summed E-state index contributed by atoms with van der Waals surface area (Å²) in [5.41, 5.74) is 7.64. The van der Waals surface area contributed by atoms with Crippen LogP contribution in [0.25, 0.3) is 0 Å². The van der Waals surface area contributed by atoms with Gasteiger partial charge in [-0.05, 0) is 43.5 Å². The van der Waals surface area contributed by atoms with Crippen molar-refractivity contribution >= 4 is 33.5 Å². The van der Waals surface area contributed by atoms with Crippen LogP contribution in [0.1, 0.15) is 28.0 Å². The van der Waals surface area contributed by atoms with Crippen molar-refractivity contribution in [2.45, 2.75) is 13.5 Å². The number of sulfonamides is 1. The number of nitrogen functional groups attached to an aromatic ring is 1. The summed E-state index contributed by atoms with van der Waals surface area (Å²) in [4.78, 5) is 10.7. The second kappa shape index (κ2) is 9.65. The van der Waals surface area contributed by atoms with Gasteiger partial charge in [0.25, 0.3) is 0 Å². The minimum absolute atomic E-state index is 0. The van der Waals surface area contributed by atoms with Crippen molar-refractivity contribution in [1.29, 1.82) is 10.8 Å². The Morgan fingerprint density at radius 1 is 1.18 bits per heavy atom. The fraction of sp³-hybridized carbons (Fsp3) is 0.455. The third-order valence-corrected chi connectivity index (χ3v) is 8.15. The second-order valence-corrected chi connectivity index (χ2v) is 10.8. The summed E-state index contributed by atoms with van der Waals surface area (Å²) in [5, 5.41) is 19.6. The average Bonchev–Trinajstić information content (AvgIpc) is 3.40. The summed E-state index contributed by atoms with van der Waals surface area (Å²) in [5.74, 6) is 0.625. The Morgan fingerprint density at radius 3 is 2.41 bits per heavy atom. The number of anilines is 2. The van der Waals surface area contributed by atoms with E-state index in [9.17, 15) is 8.42 Å². The van der Waals surface area contributed by atoms with Crippen LogP contribution in [0, 0.1) is 22.7 Å². The van der Waals surface area contributed by atoms with Crippen molar-refractivity contribution < 1.29 is 17.4 Å². The minimum atomic E-state index is -3.18. The molecule has 3 heterocycles. The van der Waals surface area contributed by atoms with Crippen LogP contribution >= 0.6 is 0 Å². The van der Waals surface area contributed by atoms with Gasteiger partial charge in [0.05, 0.1) is 11.9 Å². The van der Waals surface area contributed by atoms with Gasteiger partial charge in [-0.3, -0.25) is 10.8 Å². The van der Waals surface area contributed by atoms with Crippen LogP contribution in [0.4, 0.5) is 11.6 Å². The van der Waals surface area contributed by atoms with Crippen LogP contribution in [0.15, 0.2) is 30.5 Å². The van der Waals surface area contributed by atoms with Crippen LogP contribution in [-0.4, -0.2) is 73.5 Å². The zero-order valence-electron chi connectivity index (χ0n) is 19.3. The summed E-state index contributed by atoms with van der Waals surface area (Å²) >= 11 is 0. The van der Waals surface area contributed by atoms with Gasteiger partial charge in [-0.2, -0.15) is 0 Å². The average molecular weight is 493 g/mol. The van der Waals surface area contributed by atoms with Crippen molar-refractivity contribution in [1.82, 2.24) is 19.6 Å². The number of nitrogens with zero attached hydrogens (tertiary/aromatic N) is 4. The molecule has 2 aliphatic rings. The lowest BCUT2D eigenvalue weighted by atomic mass is 10.0. The number of nitrogens with two attached hydrogens (primary N) is 1. The Morgan fingerprint density at radius 2 is 1.82 bits per heavy atom. The molecule has 0 spiro atoms. The Bertz CT molecular complexity index is 1190. The maximum absolute atomic E-state index is 12.2. The molecule has 2 unspecified atom stereocenters. The number of hydrogen-bond donors (Lipinski definition) is 4. The lowest BCUT2D eigenvalue weighted by molar-refractivity contribution is 0.454. The molecule has 0 amide bonds. The molecule has 0 bridgehead atoms. The van der Waals surface area contributed by atoms with Gasteiger partial charge in [0, 0.05) is 42.6 Å². The topological polar surface area (TPSA) is 161 Å². The predicted octanol–water partition coefficient (Wildman–Crippen LogP) is 1.60. The van der Waals surface area contributed by atoms with Gasteiger partial charge in [0.2, 0.25) is 21.8 Å². The minimum Gasteiger partial charge on any atom is -0.419 e. The first kappa shape index (κ1) is 24.0. The molecule has 11 nitrogen and oxygen atoms in total. The second-order valence-electron chi connectivity index (χ2n) is 8.59. The smallest absolute Gasteiger partial charge is 0.243 e. The number of nitrogens with one attached hydrogen (secondary N) is 3. The van der Waals surface area contributed by atoms with E-state index in [2.05, 4.69) is 15.3 Å². The van der Waals surface area contributed by atoms with E-state index in [1.807, 2.05) is 24.1 Å². The first-order valence-corrected chi connectivity index (χ1v) is 12.8. The van der Waals surface area contributed by atoms with Crippen molar-refractivity contribution in [3.8, 4) is 0 Å².